The minimum atomic E-state index is -3.71. The number of nitrogens with zero attached hydrogens (tertiary/aromatic N) is 2. The number of amides is 1. The van der Waals surface area contributed by atoms with Crippen LogP contribution in [-0.4, -0.2) is 31.7 Å². The van der Waals surface area contributed by atoms with E-state index in [0.29, 0.717) is 18.7 Å². The van der Waals surface area contributed by atoms with Crippen LogP contribution in [0.4, 0.5) is 5.69 Å². The number of halogens is 1. The van der Waals surface area contributed by atoms with Crippen molar-refractivity contribution in [1.82, 2.24) is 4.31 Å². The number of carbonyl (C=O) groups is 1. The lowest BCUT2D eigenvalue weighted by Crippen LogP contribution is -2.30. The van der Waals surface area contributed by atoms with E-state index in [4.69, 9.17) is 11.6 Å². The molecular weight excluding hydrogens is 398 g/mol. The SMILES string of the molecule is CCN(CC)S(=O)(=O)c1ccc(Cl)c(NC(=O)/C(C#N)=C/c2ccccc2)c1. The standard InChI is InChI=1S/C20H20ClN3O3S/c1-3-24(4-2)28(26,27)17-10-11-18(21)19(13-17)23-20(25)16(14-22)12-15-8-6-5-7-9-15/h5-13H,3-4H2,1-2H3,(H,23,25)/b16-12+. The van der Waals surface area contributed by atoms with Crippen LogP contribution in [0.15, 0.2) is 59.0 Å². The number of hydrogen-bond acceptors (Lipinski definition) is 4. The van der Waals surface area contributed by atoms with Gasteiger partial charge in [-0.1, -0.05) is 55.8 Å². The van der Waals surface area contributed by atoms with Gasteiger partial charge in [0.25, 0.3) is 5.91 Å². The van der Waals surface area contributed by atoms with Crippen LogP contribution in [0.5, 0.6) is 0 Å². The molecule has 0 aromatic heterocycles. The van der Waals surface area contributed by atoms with Gasteiger partial charge in [-0.15, -0.1) is 0 Å². The van der Waals surface area contributed by atoms with Crippen LogP contribution in [0.1, 0.15) is 19.4 Å². The van der Waals surface area contributed by atoms with Crippen molar-refractivity contribution in [3.63, 3.8) is 0 Å². The highest BCUT2D eigenvalue weighted by molar-refractivity contribution is 7.89. The van der Waals surface area contributed by atoms with E-state index in [-0.39, 0.29) is 21.2 Å². The van der Waals surface area contributed by atoms with Crippen molar-refractivity contribution in [3.05, 3.63) is 64.7 Å². The lowest BCUT2D eigenvalue weighted by Gasteiger charge is -2.19. The van der Waals surface area contributed by atoms with Crippen molar-refractivity contribution in [1.29, 1.82) is 5.26 Å². The fourth-order valence-corrected chi connectivity index (χ4v) is 4.18. The van der Waals surface area contributed by atoms with Crippen LogP contribution in [0.2, 0.25) is 5.02 Å². The highest BCUT2D eigenvalue weighted by Gasteiger charge is 2.23. The summed E-state index contributed by atoms with van der Waals surface area (Å²) in [5.41, 5.74) is 0.687. The second-order valence-electron chi connectivity index (χ2n) is 5.77. The summed E-state index contributed by atoms with van der Waals surface area (Å²) in [6, 6.07) is 14.9. The van der Waals surface area contributed by atoms with Crippen molar-refractivity contribution in [2.75, 3.05) is 18.4 Å². The fourth-order valence-electron chi connectivity index (χ4n) is 2.53. The molecule has 0 aliphatic carbocycles. The Balaban J connectivity index is 2.35. The number of anilines is 1. The normalized spacial score (nSPS) is 11.9. The molecular formula is C20H20ClN3O3S. The second-order valence-corrected chi connectivity index (χ2v) is 8.11. The zero-order valence-corrected chi connectivity index (χ0v) is 17.1. The summed E-state index contributed by atoms with van der Waals surface area (Å²) in [4.78, 5) is 12.5. The summed E-state index contributed by atoms with van der Waals surface area (Å²) in [5.74, 6) is -0.675. The van der Waals surface area contributed by atoms with E-state index in [1.165, 1.54) is 28.6 Å². The fraction of sp³-hybridized carbons (Fsp3) is 0.200. The first-order chi connectivity index (χ1) is 13.3. The van der Waals surface area contributed by atoms with E-state index >= 15 is 0 Å². The molecule has 8 heteroatoms. The molecule has 0 heterocycles. The third kappa shape index (κ3) is 4.98. The van der Waals surface area contributed by atoms with Crippen LogP contribution >= 0.6 is 11.6 Å². The van der Waals surface area contributed by atoms with Gasteiger partial charge in [-0.2, -0.15) is 9.57 Å². The molecule has 1 amide bonds. The van der Waals surface area contributed by atoms with Crippen LogP contribution in [0, 0.1) is 11.3 Å². The van der Waals surface area contributed by atoms with Crippen LogP contribution < -0.4 is 5.32 Å². The maximum absolute atomic E-state index is 12.7. The summed E-state index contributed by atoms with van der Waals surface area (Å²) in [7, 11) is -3.71. The average Bonchev–Trinajstić information content (AvgIpc) is 2.69. The number of rotatable bonds is 7. The molecule has 0 radical (unpaired) electrons. The minimum Gasteiger partial charge on any atom is -0.320 e. The quantitative estimate of drug-likeness (QED) is 0.546. The lowest BCUT2D eigenvalue weighted by molar-refractivity contribution is -0.112. The second kappa shape index (κ2) is 9.51. The smallest absolute Gasteiger partial charge is 0.266 e. The molecule has 6 nitrogen and oxygen atoms in total. The third-order valence-corrected chi connectivity index (χ3v) is 6.38. The average molecular weight is 418 g/mol. The molecule has 0 saturated carbocycles. The monoisotopic (exact) mass is 417 g/mol. The Morgan fingerprint density at radius 1 is 1.18 bits per heavy atom. The molecule has 0 saturated heterocycles. The van der Waals surface area contributed by atoms with Crippen molar-refractivity contribution >= 4 is 39.3 Å². The molecule has 1 N–H and O–H groups in total. The van der Waals surface area contributed by atoms with E-state index < -0.39 is 15.9 Å². The van der Waals surface area contributed by atoms with E-state index in [2.05, 4.69) is 5.32 Å². The van der Waals surface area contributed by atoms with Gasteiger partial charge in [-0.05, 0) is 29.8 Å². The first-order valence-corrected chi connectivity index (χ1v) is 10.4. The Kier molecular flexibility index (Phi) is 7.35. The Bertz CT molecular complexity index is 1020. The molecule has 0 atom stereocenters. The highest BCUT2D eigenvalue weighted by atomic mass is 35.5. The van der Waals surface area contributed by atoms with Crippen molar-refractivity contribution in [2.45, 2.75) is 18.7 Å². The summed E-state index contributed by atoms with van der Waals surface area (Å²) in [6.07, 6.45) is 1.44. The Morgan fingerprint density at radius 2 is 1.82 bits per heavy atom. The number of benzene rings is 2. The predicted molar refractivity (Wildman–Crippen MR) is 110 cm³/mol. The Hall–Kier alpha value is -2.66. The first kappa shape index (κ1) is 21.6. The van der Waals surface area contributed by atoms with Crippen molar-refractivity contribution in [2.24, 2.45) is 0 Å². The van der Waals surface area contributed by atoms with Gasteiger partial charge in [0.15, 0.2) is 0 Å². The van der Waals surface area contributed by atoms with Crippen LogP contribution in [0.25, 0.3) is 6.08 Å². The molecule has 0 spiro atoms. The van der Waals surface area contributed by atoms with Gasteiger partial charge in [0.05, 0.1) is 15.6 Å². The van der Waals surface area contributed by atoms with Crippen LogP contribution in [0.3, 0.4) is 0 Å². The van der Waals surface area contributed by atoms with Gasteiger partial charge in [0, 0.05) is 13.1 Å². The molecule has 0 aliphatic rings. The Labute approximate surface area is 170 Å². The molecule has 0 fully saturated rings. The summed E-state index contributed by atoms with van der Waals surface area (Å²) in [5, 5.41) is 12.0. The number of nitriles is 1. The molecule has 2 aromatic carbocycles. The Morgan fingerprint density at radius 3 is 2.39 bits per heavy atom. The third-order valence-electron chi connectivity index (χ3n) is 4.00. The van der Waals surface area contributed by atoms with E-state index in [9.17, 15) is 18.5 Å². The molecule has 2 aromatic rings. The van der Waals surface area contributed by atoms with E-state index in [1.807, 2.05) is 12.1 Å². The summed E-state index contributed by atoms with van der Waals surface area (Å²) in [6.45, 7) is 4.13. The summed E-state index contributed by atoms with van der Waals surface area (Å²) >= 11 is 6.12. The maximum atomic E-state index is 12.7. The van der Waals surface area contributed by atoms with Gasteiger partial charge in [0.2, 0.25) is 10.0 Å². The zero-order valence-electron chi connectivity index (χ0n) is 15.5. The maximum Gasteiger partial charge on any atom is 0.266 e. The topological polar surface area (TPSA) is 90.3 Å². The molecule has 28 heavy (non-hydrogen) atoms. The number of nitrogens with one attached hydrogen (secondary N) is 1. The molecule has 0 bridgehead atoms. The van der Waals surface area contributed by atoms with Gasteiger partial charge >= 0.3 is 0 Å². The van der Waals surface area contributed by atoms with Crippen molar-refractivity contribution < 1.29 is 13.2 Å². The van der Waals surface area contributed by atoms with E-state index in [1.54, 1.807) is 38.1 Å². The van der Waals surface area contributed by atoms with Gasteiger partial charge < -0.3 is 5.32 Å². The minimum absolute atomic E-state index is 0.0152. The molecule has 0 unspecified atom stereocenters. The highest BCUT2D eigenvalue weighted by Crippen LogP contribution is 2.27. The number of sulfonamides is 1. The van der Waals surface area contributed by atoms with Crippen LogP contribution in [-0.2, 0) is 14.8 Å². The molecule has 0 aliphatic heterocycles. The zero-order chi connectivity index (χ0) is 20.7. The molecule has 2 rings (SSSR count). The van der Waals surface area contributed by atoms with Crippen molar-refractivity contribution in [3.8, 4) is 6.07 Å². The largest absolute Gasteiger partial charge is 0.320 e. The number of hydrogen-bond donors (Lipinski definition) is 1. The molecule has 146 valence electrons. The van der Waals surface area contributed by atoms with Gasteiger partial charge in [0.1, 0.15) is 11.6 Å². The lowest BCUT2D eigenvalue weighted by atomic mass is 10.1. The van der Waals surface area contributed by atoms with E-state index in [0.717, 1.165) is 0 Å². The van der Waals surface area contributed by atoms with Gasteiger partial charge in [-0.25, -0.2) is 8.42 Å². The predicted octanol–water partition coefficient (Wildman–Crippen LogP) is 3.92. The van der Waals surface area contributed by atoms with Gasteiger partial charge in [-0.3, -0.25) is 4.79 Å². The number of carbonyl (C=O) groups excluding carboxylic acids is 1. The summed E-state index contributed by atoms with van der Waals surface area (Å²) < 4.78 is 26.7. The first-order valence-electron chi connectivity index (χ1n) is 8.61.